The highest BCUT2D eigenvalue weighted by atomic mass is 16.6. The lowest BCUT2D eigenvalue weighted by Gasteiger charge is -2.39. The van der Waals surface area contributed by atoms with Crippen LogP contribution >= 0.6 is 0 Å². The minimum atomic E-state index is -0.191. The Morgan fingerprint density at radius 2 is 1.39 bits per heavy atom. The number of carbonyl (C=O) groups excluding carboxylic acids is 2. The van der Waals surface area contributed by atoms with Gasteiger partial charge in [-0.3, -0.25) is 4.79 Å². The van der Waals surface area contributed by atoms with E-state index in [9.17, 15) is 9.59 Å². The van der Waals surface area contributed by atoms with E-state index < -0.39 is 0 Å². The Morgan fingerprint density at radius 1 is 0.806 bits per heavy atom. The molecule has 2 saturated heterocycles. The van der Waals surface area contributed by atoms with Crippen molar-refractivity contribution in [3.05, 3.63) is 59.7 Å². The highest BCUT2D eigenvalue weighted by molar-refractivity contribution is 5.85. The van der Waals surface area contributed by atoms with Crippen LogP contribution in [0, 0.1) is 11.8 Å². The average Bonchev–Trinajstić information content (AvgIpc) is 3.22. The van der Waals surface area contributed by atoms with E-state index in [0.29, 0.717) is 18.3 Å². The number of fused-ring (bicyclic) bond motifs is 5. The SMILES string of the molecule is O=C(C1CCC1)C1CC2CCC(C1)N2C(=O)OCC1c2ccccc2-c2ccccc21. The van der Waals surface area contributed by atoms with Gasteiger partial charge in [0.1, 0.15) is 12.4 Å². The Morgan fingerprint density at radius 3 is 1.94 bits per heavy atom. The fourth-order valence-corrected chi connectivity index (χ4v) is 6.40. The first-order valence-electron chi connectivity index (χ1n) is 11.9. The molecule has 31 heavy (non-hydrogen) atoms. The van der Waals surface area contributed by atoms with Crippen molar-refractivity contribution in [3.63, 3.8) is 0 Å². The molecular formula is C27H29NO3. The predicted octanol–water partition coefficient (Wildman–Crippen LogP) is 5.55. The van der Waals surface area contributed by atoms with Crippen LogP contribution in [0.25, 0.3) is 11.1 Å². The van der Waals surface area contributed by atoms with Gasteiger partial charge in [0, 0.05) is 29.8 Å². The van der Waals surface area contributed by atoms with Gasteiger partial charge in [-0.15, -0.1) is 0 Å². The number of amides is 1. The van der Waals surface area contributed by atoms with Gasteiger partial charge in [-0.1, -0.05) is 55.0 Å². The molecule has 3 fully saturated rings. The van der Waals surface area contributed by atoms with Crippen LogP contribution in [0.2, 0.25) is 0 Å². The van der Waals surface area contributed by atoms with Crippen molar-refractivity contribution < 1.29 is 14.3 Å². The monoisotopic (exact) mass is 415 g/mol. The number of hydrogen-bond donors (Lipinski definition) is 0. The Balaban J connectivity index is 1.15. The second kappa shape index (κ2) is 7.51. The van der Waals surface area contributed by atoms with E-state index in [1.54, 1.807) is 0 Å². The van der Waals surface area contributed by atoms with Crippen molar-refractivity contribution in [1.29, 1.82) is 0 Å². The summed E-state index contributed by atoms with van der Waals surface area (Å²) in [4.78, 5) is 27.9. The second-order valence-electron chi connectivity index (χ2n) is 9.79. The van der Waals surface area contributed by atoms with Crippen LogP contribution in [0.4, 0.5) is 4.79 Å². The van der Waals surface area contributed by atoms with Crippen LogP contribution in [-0.2, 0) is 9.53 Å². The number of Topliss-reactive ketones (excluding diaryl/α,β-unsaturated/α-hetero) is 1. The maximum absolute atomic E-state index is 13.1. The number of carbonyl (C=O) groups is 2. The zero-order chi connectivity index (χ0) is 20.9. The standard InChI is InChI=1S/C27H29NO3/c29-26(17-6-5-7-17)18-14-19-12-13-20(15-18)28(19)27(30)31-16-25-23-10-3-1-8-21(23)22-9-2-4-11-24(22)25/h1-4,8-11,17-20,25H,5-7,12-16H2. The van der Waals surface area contributed by atoms with Crippen LogP contribution in [0.5, 0.6) is 0 Å². The van der Waals surface area contributed by atoms with Gasteiger partial charge in [-0.2, -0.15) is 0 Å². The number of hydrogen-bond acceptors (Lipinski definition) is 3. The van der Waals surface area contributed by atoms with Gasteiger partial charge in [0.05, 0.1) is 0 Å². The smallest absolute Gasteiger partial charge is 0.410 e. The van der Waals surface area contributed by atoms with Crippen LogP contribution in [0.15, 0.2) is 48.5 Å². The van der Waals surface area contributed by atoms with Crippen molar-refractivity contribution in [2.45, 2.75) is 62.9 Å². The summed E-state index contributed by atoms with van der Waals surface area (Å²) in [6, 6.07) is 17.2. The molecule has 4 heteroatoms. The molecule has 2 atom stereocenters. The predicted molar refractivity (Wildman–Crippen MR) is 119 cm³/mol. The zero-order valence-corrected chi connectivity index (χ0v) is 17.8. The lowest BCUT2D eigenvalue weighted by Crippen LogP contribution is -2.49. The van der Waals surface area contributed by atoms with E-state index in [4.69, 9.17) is 4.74 Å². The fraction of sp³-hybridized carbons (Fsp3) is 0.481. The first-order valence-corrected chi connectivity index (χ1v) is 11.9. The van der Waals surface area contributed by atoms with Gasteiger partial charge < -0.3 is 9.64 Å². The molecule has 160 valence electrons. The van der Waals surface area contributed by atoms with Crippen molar-refractivity contribution >= 4 is 11.9 Å². The molecule has 2 aromatic rings. The summed E-state index contributed by atoms with van der Waals surface area (Å²) >= 11 is 0. The molecule has 0 radical (unpaired) electrons. The van der Waals surface area contributed by atoms with Crippen molar-refractivity contribution in [2.75, 3.05) is 6.61 Å². The van der Waals surface area contributed by atoms with E-state index in [0.717, 1.165) is 38.5 Å². The van der Waals surface area contributed by atoms with Gasteiger partial charge in [-0.25, -0.2) is 4.79 Å². The Hall–Kier alpha value is -2.62. The number of nitrogens with zero attached hydrogens (tertiary/aromatic N) is 1. The molecule has 1 amide bonds. The second-order valence-corrected chi connectivity index (χ2v) is 9.79. The highest BCUT2D eigenvalue weighted by Crippen LogP contribution is 2.45. The summed E-state index contributed by atoms with van der Waals surface area (Å²) in [5.74, 6) is 1.01. The Kier molecular flexibility index (Phi) is 4.62. The number of ether oxygens (including phenoxy) is 1. The molecule has 1 saturated carbocycles. The van der Waals surface area contributed by atoms with E-state index >= 15 is 0 Å². The summed E-state index contributed by atoms with van der Waals surface area (Å²) in [6.07, 6.45) is 6.81. The number of benzene rings is 2. The van der Waals surface area contributed by atoms with E-state index in [1.165, 1.54) is 28.7 Å². The molecular weight excluding hydrogens is 386 g/mol. The van der Waals surface area contributed by atoms with Gasteiger partial charge in [0.2, 0.25) is 0 Å². The third-order valence-corrected chi connectivity index (χ3v) is 8.19. The van der Waals surface area contributed by atoms with Gasteiger partial charge in [-0.05, 0) is 60.8 Å². The van der Waals surface area contributed by atoms with Crippen LogP contribution in [0.3, 0.4) is 0 Å². The maximum Gasteiger partial charge on any atom is 0.410 e. The molecule has 2 bridgehead atoms. The number of ketones is 1. The number of piperidine rings is 1. The molecule has 2 unspecified atom stereocenters. The van der Waals surface area contributed by atoms with E-state index in [-0.39, 0.29) is 30.0 Å². The Labute approximate surface area is 183 Å². The minimum Gasteiger partial charge on any atom is -0.448 e. The van der Waals surface area contributed by atoms with Crippen LogP contribution in [0.1, 0.15) is 62.0 Å². The molecule has 2 aliphatic heterocycles. The summed E-state index contributed by atoms with van der Waals surface area (Å²) in [5, 5.41) is 0. The molecule has 2 aromatic carbocycles. The quantitative estimate of drug-likeness (QED) is 0.658. The first kappa shape index (κ1) is 19.1. The summed E-state index contributed by atoms with van der Waals surface area (Å²) < 4.78 is 5.94. The molecule has 0 aromatic heterocycles. The largest absolute Gasteiger partial charge is 0.448 e. The number of rotatable bonds is 4. The van der Waals surface area contributed by atoms with Crippen LogP contribution in [-0.4, -0.2) is 35.5 Å². The third kappa shape index (κ3) is 3.10. The molecule has 6 rings (SSSR count). The molecule has 2 heterocycles. The normalized spacial score (nSPS) is 26.8. The van der Waals surface area contributed by atoms with Crippen LogP contribution < -0.4 is 0 Å². The molecule has 4 aliphatic rings. The van der Waals surface area contributed by atoms with E-state index in [1.807, 2.05) is 4.90 Å². The maximum atomic E-state index is 13.1. The van der Waals surface area contributed by atoms with Crippen molar-refractivity contribution in [1.82, 2.24) is 4.90 Å². The fourth-order valence-electron chi connectivity index (χ4n) is 6.40. The topological polar surface area (TPSA) is 46.6 Å². The zero-order valence-electron chi connectivity index (χ0n) is 17.8. The summed E-state index contributed by atoms with van der Waals surface area (Å²) in [7, 11) is 0. The van der Waals surface area contributed by atoms with Crippen molar-refractivity contribution in [2.24, 2.45) is 11.8 Å². The summed E-state index contributed by atoms with van der Waals surface area (Å²) in [5.41, 5.74) is 4.97. The van der Waals surface area contributed by atoms with Gasteiger partial charge in [0.25, 0.3) is 0 Å². The lowest BCUT2D eigenvalue weighted by molar-refractivity contribution is -0.131. The van der Waals surface area contributed by atoms with Gasteiger partial charge >= 0.3 is 6.09 Å². The van der Waals surface area contributed by atoms with Gasteiger partial charge in [0.15, 0.2) is 0 Å². The molecule has 0 N–H and O–H groups in total. The lowest BCUT2D eigenvalue weighted by atomic mass is 9.74. The highest BCUT2D eigenvalue weighted by Gasteiger charge is 2.47. The first-order chi connectivity index (χ1) is 15.2. The third-order valence-electron chi connectivity index (χ3n) is 8.19. The molecule has 4 nitrogen and oxygen atoms in total. The molecule has 0 spiro atoms. The average molecular weight is 416 g/mol. The van der Waals surface area contributed by atoms with E-state index in [2.05, 4.69) is 48.5 Å². The Bertz CT molecular complexity index is 967. The summed E-state index contributed by atoms with van der Waals surface area (Å²) in [6.45, 7) is 0.368. The van der Waals surface area contributed by atoms with Crippen molar-refractivity contribution in [3.8, 4) is 11.1 Å². The minimum absolute atomic E-state index is 0.0896. The molecule has 2 aliphatic carbocycles.